The zero-order valence-electron chi connectivity index (χ0n) is 31.6. The lowest BCUT2D eigenvalue weighted by molar-refractivity contribution is -0.132. The number of amides is 3. The monoisotopic (exact) mass is 716 g/mol. The van der Waals surface area contributed by atoms with Gasteiger partial charge in [0.15, 0.2) is 0 Å². The first kappa shape index (κ1) is 38.5. The van der Waals surface area contributed by atoms with Crippen molar-refractivity contribution in [3.8, 4) is 0 Å². The van der Waals surface area contributed by atoms with Crippen LogP contribution in [-0.2, 0) is 33.8 Å². The molecule has 5 rings (SSSR count). The Hall–Kier alpha value is -4.71. The van der Waals surface area contributed by atoms with Crippen molar-refractivity contribution in [2.75, 3.05) is 32.1 Å². The number of nitrogens with one attached hydrogen (secondary N) is 2. The zero-order chi connectivity index (χ0) is 37.6. The SMILES string of the molecule is CCn1nc(C)cc1C(=O)Nc1ccc(C[C@H](CC(=O)N2CCCC(c3c(C)c4cccc(F)c4n3CCCOC)C2)NC(=O)OC(C)(C)C)cc1. The third-order valence-corrected chi connectivity index (χ3v) is 9.50. The van der Waals surface area contributed by atoms with Crippen LogP contribution in [-0.4, -0.2) is 75.6 Å². The highest BCUT2D eigenvalue weighted by molar-refractivity contribution is 6.03. The standard InChI is InChI=1S/C40H53FN6O5/c1-8-47-34(22-26(2)44-47)38(49)42-30-17-15-28(16-18-30)23-31(43-39(50)52-40(4,5)6)24-35(48)45-19-10-12-29(25-45)36-27(3)32-13-9-14-33(41)37(32)46(36)20-11-21-51-7/h9,13-18,22,29,31H,8,10-12,19-21,23-25H2,1-7H3,(H,42,49)(H,43,50)/t29?,31-/m1/s1. The summed E-state index contributed by atoms with van der Waals surface area (Å²) in [5.41, 5.74) is 4.77. The fourth-order valence-electron chi connectivity index (χ4n) is 7.27. The first-order valence-corrected chi connectivity index (χ1v) is 18.3. The summed E-state index contributed by atoms with van der Waals surface area (Å²) in [4.78, 5) is 41.8. The van der Waals surface area contributed by atoms with Gasteiger partial charge in [-0.15, -0.1) is 0 Å². The predicted octanol–water partition coefficient (Wildman–Crippen LogP) is 7.13. The van der Waals surface area contributed by atoms with E-state index >= 15 is 4.39 Å². The number of fused-ring (bicyclic) bond motifs is 1. The predicted molar refractivity (Wildman–Crippen MR) is 200 cm³/mol. The number of aryl methyl sites for hydroxylation is 4. The molecular formula is C40H53FN6O5. The largest absolute Gasteiger partial charge is 0.444 e. The number of likely N-dealkylation sites (tertiary alicyclic amines) is 1. The maximum absolute atomic E-state index is 15.2. The van der Waals surface area contributed by atoms with Crippen LogP contribution >= 0.6 is 0 Å². The quantitative estimate of drug-likeness (QED) is 0.142. The van der Waals surface area contributed by atoms with E-state index in [0.717, 1.165) is 47.2 Å². The minimum atomic E-state index is -0.705. The second kappa shape index (κ2) is 16.8. The fraction of sp³-hybridized carbons (Fsp3) is 0.500. The summed E-state index contributed by atoms with van der Waals surface area (Å²) in [6.07, 6.45) is 2.31. The third-order valence-electron chi connectivity index (χ3n) is 9.50. The number of hydrogen-bond acceptors (Lipinski definition) is 6. The highest BCUT2D eigenvalue weighted by Gasteiger charge is 2.31. The number of para-hydroxylation sites is 1. The van der Waals surface area contributed by atoms with E-state index in [0.29, 0.717) is 56.1 Å². The van der Waals surface area contributed by atoms with Crippen LogP contribution in [0.15, 0.2) is 48.5 Å². The molecule has 52 heavy (non-hydrogen) atoms. The molecule has 3 amide bonds. The molecule has 0 saturated carbocycles. The van der Waals surface area contributed by atoms with E-state index in [2.05, 4.69) is 20.3 Å². The van der Waals surface area contributed by atoms with Gasteiger partial charge in [-0.05, 0) is 103 Å². The topological polar surface area (TPSA) is 120 Å². The fourth-order valence-corrected chi connectivity index (χ4v) is 7.27. The number of anilines is 1. The second-order valence-corrected chi connectivity index (χ2v) is 14.7. The Labute approximate surface area is 305 Å². The molecule has 280 valence electrons. The van der Waals surface area contributed by atoms with Crippen molar-refractivity contribution in [3.63, 3.8) is 0 Å². The molecule has 2 N–H and O–H groups in total. The van der Waals surface area contributed by atoms with Crippen molar-refractivity contribution in [1.29, 1.82) is 0 Å². The van der Waals surface area contributed by atoms with Crippen LogP contribution in [0.25, 0.3) is 10.9 Å². The number of rotatable bonds is 13. The van der Waals surface area contributed by atoms with Crippen LogP contribution in [0, 0.1) is 19.7 Å². The molecule has 1 unspecified atom stereocenters. The van der Waals surface area contributed by atoms with Gasteiger partial charge in [-0.25, -0.2) is 9.18 Å². The Morgan fingerprint density at radius 2 is 1.85 bits per heavy atom. The highest BCUT2D eigenvalue weighted by Crippen LogP contribution is 2.37. The molecule has 12 heteroatoms. The van der Waals surface area contributed by atoms with Crippen LogP contribution in [0.4, 0.5) is 14.9 Å². The normalized spacial score (nSPS) is 15.5. The average molecular weight is 717 g/mol. The van der Waals surface area contributed by atoms with Crippen LogP contribution in [0.2, 0.25) is 0 Å². The molecule has 1 aliphatic heterocycles. The molecule has 0 aliphatic carbocycles. The molecule has 2 atom stereocenters. The molecule has 2 aromatic carbocycles. The van der Waals surface area contributed by atoms with Gasteiger partial charge in [0, 0.05) is 75.0 Å². The van der Waals surface area contributed by atoms with Crippen molar-refractivity contribution >= 4 is 34.5 Å². The second-order valence-electron chi connectivity index (χ2n) is 14.7. The van der Waals surface area contributed by atoms with Crippen molar-refractivity contribution in [2.45, 2.75) is 104 Å². The van der Waals surface area contributed by atoms with E-state index in [9.17, 15) is 14.4 Å². The first-order chi connectivity index (χ1) is 24.8. The lowest BCUT2D eigenvalue weighted by Crippen LogP contribution is -2.46. The molecule has 3 heterocycles. The van der Waals surface area contributed by atoms with E-state index in [1.54, 1.807) is 44.7 Å². The summed E-state index contributed by atoms with van der Waals surface area (Å²) in [5.74, 6) is -0.533. The third kappa shape index (κ3) is 9.39. The number of halogens is 1. The Kier molecular flexibility index (Phi) is 12.4. The molecule has 0 radical (unpaired) electrons. The van der Waals surface area contributed by atoms with E-state index in [1.807, 2.05) is 56.0 Å². The van der Waals surface area contributed by atoms with Crippen LogP contribution in [0.5, 0.6) is 0 Å². The lowest BCUT2D eigenvalue weighted by atomic mass is 9.91. The molecule has 1 aliphatic rings. The average Bonchev–Trinajstić information content (AvgIpc) is 3.62. The number of nitrogens with zero attached hydrogens (tertiary/aromatic N) is 4. The summed E-state index contributed by atoms with van der Waals surface area (Å²) in [7, 11) is 1.66. The summed E-state index contributed by atoms with van der Waals surface area (Å²) in [6.45, 7) is 14.1. The number of piperidine rings is 1. The number of carbonyl (C=O) groups is 3. The maximum atomic E-state index is 15.2. The van der Waals surface area contributed by atoms with Gasteiger partial charge in [0.25, 0.3) is 5.91 Å². The van der Waals surface area contributed by atoms with Gasteiger partial charge >= 0.3 is 6.09 Å². The molecule has 1 fully saturated rings. The Balaban J connectivity index is 1.31. The lowest BCUT2D eigenvalue weighted by Gasteiger charge is -2.35. The molecule has 11 nitrogen and oxygen atoms in total. The van der Waals surface area contributed by atoms with Crippen molar-refractivity contribution in [1.82, 2.24) is 24.6 Å². The number of benzene rings is 2. The summed E-state index contributed by atoms with van der Waals surface area (Å²) in [6, 6.07) is 13.8. The van der Waals surface area contributed by atoms with Crippen molar-refractivity contribution < 1.29 is 28.2 Å². The number of ether oxygens (including phenoxy) is 2. The van der Waals surface area contributed by atoms with Gasteiger partial charge in [-0.2, -0.15) is 5.10 Å². The molecular weight excluding hydrogens is 663 g/mol. The molecule has 0 spiro atoms. The van der Waals surface area contributed by atoms with E-state index in [-0.39, 0.29) is 30.0 Å². The van der Waals surface area contributed by atoms with E-state index < -0.39 is 17.7 Å². The number of methoxy groups -OCH3 is 1. The van der Waals surface area contributed by atoms with Gasteiger partial charge in [0.2, 0.25) is 5.91 Å². The molecule has 1 saturated heterocycles. The number of alkyl carbamates (subject to hydrolysis) is 1. The molecule has 2 aromatic heterocycles. The highest BCUT2D eigenvalue weighted by atomic mass is 19.1. The smallest absolute Gasteiger partial charge is 0.407 e. The van der Waals surface area contributed by atoms with E-state index in [1.165, 1.54) is 6.07 Å². The molecule has 0 bridgehead atoms. The maximum Gasteiger partial charge on any atom is 0.407 e. The summed E-state index contributed by atoms with van der Waals surface area (Å²) < 4.78 is 29.9. The number of hydrogen-bond donors (Lipinski definition) is 2. The Morgan fingerprint density at radius 3 is 2.54 bits per heavy atom. The van der Waals surface area contributed by atoms with Crippen LogP contribution in [0.3, 0.4) is 0 Å². The first-order valence-electron chi connectivity index (χ1n) is 18.3. The van der Waals surface area contributed by atoms with Gasteiger partial charge in [0.1, 0.15) is 17.1 Å². The number of carbonyl (C=O) groups excluding carboxylic acids is 3. The number of aromatic nitrogens is 3. The van der Waals surface area contributed by atoms with Crippen LogP contribution < -0.4 is 10.6 Å². The van der Waals surface area contributed by atoms with Crippen molar-refractivity contribution in [3.05, 3.63) is 82.6 Å². The Bertz CT molecular complexity index is 1880. The van der Waals surface area contributed by atoms with Crippen LogP contribution in [0.1, 0.15) is 92.3 Å². The van der Waals surface area contributed by atoms with Gasteiger partial charge in [-0.3, -0.25) is 14.3 Å². The van der Waals surface area contributed by atoms with Gasteiger partial charge in [0.05, 0.1) is 11.2 Å². The molecule has 4 aromatic rings. The minimum absolute atomic E-state index is 0.0342. The van der Waals surface area contributed by atoms with E-state index in [4.69, 9.17) is 9.47 Å². The van der Waals surface area contributed by atoms with Gasteiger partial charge < -0.3 is 29.6 Å². The van der Waals surface area contributed by atoms with Crippen molar-refractivity contribution in [2.24, 2.45) is 0 Å². The Morgan fingerprint density at radius 1 is 1.10 bits per heavy atom. The summed E-state index contributed by atoms with van der Waals surface area (Å²) >= 11 is 0. The summed E-state index contributed by atoms with van der Waals surface area (Å²) in [5, 5.41) is 11.1. The zero-order valence-corrected chi connectivity index (χ0v) is 31.6. The van der Waals surface area contributed by atoms with Gasteiger partial charge in [-0.1, -0.05) is 24.3 Å². The minimum Gasteiger partial charge on any atom is -0.444 e.